The molecule has 1 amide bonds. The summed E-state index contributed by atoms with van der Waals surface area (Å²) >= 11 is 0. The van der Waals surface area contributed by atoms with E-state index in [-0.39, 0.29) is 11.9 Å². The van der Waals surface area contributed by atoms with Gasteiger partial charge in [0, 0.05) is 26.2 Å². The fourth-order valence-corrected chi connectivity index (χ4v) is 3.70. The fraction of sp³-hybridized carbons (Fsp3) is 0.462. The van der Waals surface area contributed by atoms with Crippen molar-refractivity contribution in [3.63, 3.8) is 0 Å². The zero-order valence-corrected chi connectivity index (χ0v) is 12.2. The molecule has 6 nitrogen and oxygen atoms in total. The number of piperazine rings is 1. The van der Waals surface area contributed by atoms with E-state index in [0.717, 1.165) is 0 Å². The maximum Gasteiger partial charge on any atom is 0.243 e. The highest BCUT2D eigenvalue weighted by atomic mass is 32.2. The van der Waals surface area contributed by atoms with Crippen LogP contribution in [0.3, 0.4) is 0 Å². The lowest BCUT2D eigenvalue weighted by atomic mass is 10.2. The van der Waals surface area contributed by atoms with Gasteiger partial charge < -0.3 is 5.73 Å². The third kappa shape index (κ3) is 3.00. The van der Waals surface area contributed by atoms with Gasteiger partial charge in [-0.2, -0.15) is 4.31 Å². The first-order chi connectivity index (χ1) is 9.43. The number of primary amides is 1. The van der Waals surface area contributed by atoms with Gasteiger partial charge in [0.1, 0.15) is 0 Å². The Kier molecular flexibility index (Phi) is 4.42. The highest BCUT2D eigenvalue weighted by molar-refractivity contribution is 7.89. The van der Waals surface area contributed by atoms with Crippen LogP contribution < -0.4 is 5.73 Å². The van der Waals surface area contributed by atoms with Crippen molar-refractivity contribution in [1.82, 2.24) is 9.21 Å². The van der Waals surface area contributed by atoms with E-state index >= 15 is 0 Å². The van der Waals surface area contributed by atoms with Crippen LogP contribution in [0.25, 0.3) is 0 Å². The first-order valence-electron chi connectivity index (χ1n) is 6.51. The van der Waals surface area contributed by atoms with Gasteiger partial charge >= 0.3 is 0 Å². The maximum absolute atomic E-state index is 12.4. The standard InChI is InChI=1S/C13H19N3O3S/c1-11(13(14)17)15-7-9-16(10-8-15)20(18,19)12-5-3-2-4-6-12/h2-6,11H,7-10H2,1H3,(H2,14,17). The molecule has 1 unspecified atom stereocenters. The molecule has 0 radical (unpaired) electrons. The minimum absolute atomic E-state index is 0.302. The molecule has 1 aromatic carbocycles. The zero-order valence-electron chi connectivity index (χ0n) is 11.4. The van der Waals surface area contributed by atoms with Gasteiger partial charge in [-0.15, -0.1) is 0 Å². The van der Waals surface area contributed by atoms with E-state index in [1.165, 1.54) is 4.31 Å². The zero-order chi connectivity index (χ0) is 14.8. The van der Waals surface area contributed by atoms with Crippen LogP contribution in [0.15, 0.2) is 35.2 Å². The molecule has 20 heavy (non-hydrogen) atoms. The molecule has 7 heteroatoms. The van der Waals surface area contributed by atoms with Crippen molar-refractivity contribution in [3.8, 4) is 0 Å². The highest BCUT2D eigenvalue weighted by Crippen LogP contribution is 2.17. The number of rotatable bonds is 4. The Morgan fingerprint density at radius 3 is 2.20 bits per heavy atom. The first kappa shape index (κ1) is 15.0. The minimum Gasteiger partial charge on any atom is -0.368 e. The normalized spacial score (nSPS) is 19.6. The van der Waals surface area contributed by atoms with Crippen molar-refractivity contribution in [1.29, 1.82) is 0 Å². The van der Waals surface area contributed by atoms with Gasteiger partial charge in [0.25, 0.3) is 0 Å². The molecule has 0 aromatic heterocycles. The van der Waals surface area contributed by atoms with Crippen LogP contribution in [0.5, 0.6) is 0 Å². The minimum atomic E-state index is -3.44. The van der Waals surface area contributed by atoms with Crippen molar-refractivity contribution < 1.29 is 13.2 Å². The lowest BCUT2D eigenvalue weighted by Crippen LogP contribution is -2.54. The Hall–Kier alpha value is -1.44. The van der Waals surface area contributed by atoms with Crippen molar-refractivity contribution in [2.75, 3.05) is 26.2 Å². The van der Waals surface area contributed by atoms with E-state index in [2.05, 4.69) is 0 Å². The van der Waals surface area contributed by atoms with Crippen molar-refractivity contribution >= 4 is 15.9 Å². The monoisotopic (exact) mass is 297 g/mol. The van der Waals surface area contributed by atoms with Gasteiger partial charge in [0.2, 0.25) is 15.9 Å². The lowest BCUT2D eigenvalue weighted by molar-refractivity contribution is -0.123. The predicted octanol–water partition coefficient (Wildman–Crippen LogP) is -0.133. The quantitative estimate of drug-likeness (QED) is 0.839. The van der Waals surface area contributed by atoms with E-state index in [0.29, 0.717) is 31.1 Å². The van der Waals surface area contributed by atoms with Gasteiger partial charge in [0.05, 0.1) is 10.9 Å². The van der Waals surface area contributed by atoms with Crippen LogP contribution in [0.4, 0.5) is 0 Å². The first-order valence-corrected chi connectivity index (χ1v) is 7.95. The van der Waals surface area contributed by atoms with E-state index < -0.39 is 10.0 Å². The number of benzene rings is 1. The molecular formula is C13H19N3O3S. The summed E-state index contributed by atoms with van der Waals surface area (Å²) in [5.74, 6) is -0.385. The summed E-state index contributed by atoms with van der Waals surface area (Å²) in [5.41, 5.74) is 5.27. The molecule has 0 spiro atoms. The van der Waals surface area contributed by atoms with Crippen LogP contribution in [-0.2, 0) is 14.8 Å². The van der Waals surface area contributed by atoms with E-state index in [4.69, 9.17) is 5.73 Å². The second kappa shape index (κ2) is 5.90. The second-order valence-corrected chi connectivity index (χ2v) is 6.77. The molecule has 1 aliphatic rings. The second-order valence-electron chi connectivity index (χ2n) is 4.83. The molecule has 1 saturated heterocycles. The summed E-state index contributed by atoms with van der Waals surface area (Å²) in [4.78, 5) is 13.4. The van der Waals surface area contributed by atoms with Crippen LogP contribution in [0, 0.1) is 0 Å². The molecule has 1 fully saturated rings. The number of carbonyl (C=O) groups excluding carboxylic acids is 1. The molecule has 0 saturated carbocycles. The highest BCUT2D eigenvalue weighted by Gasteiger charge is 2.30. The number of hydrogen-bond donors (Lipinski definition) is 1. The maximum atomic E-state index is 12.4. The van der Waals surface area contributed by atoms with Crippen LogP contribution in [0.1, 0.15) is 6.92 Å². The van der Waals surface area contributed by atoms with Crippen molar-refractivity contribution in [3.05, 3.63) is 30.3 Å². The largest absolute Gasteiger partial charge is 0.368 e. The molecule has 2 rings (SSSR count). The number of hydrogen-bond acceptors (Lipinski definition) is 4. The molecule has 1 atom stereocenters. The van der Waals surface area contributed by atoms with Gasteiger partial charge in [-0.1, -0.05) is 18.2 Å². The number of carbonyl (C=O) groups is 1. The molecule has 2 N–H and O–H groups in total. The molecule has 1 aliphatic heterocycles. The Morgan fingerprint density at radius 2 is 1.70 bits per heavy atom. The summed E-state index contributed by atoms with van der Waals surface area (Å²) in [6, 6.07) is 8.01. The smallest absolute Gasteiger partial charge is 0.243 e. The summed E-state index contributed by atoms with van der Waals surface area (Å²) in [7, 11) is -3.44. The molecular weight excluding hydrogens is 278 g/mol. The Morgan fingerprint density at radius 1 is 1.15 bits per heavy atom. The Bertz CT molecular complexity index is 566. The average Bonchev–Trinajstić information content (AvgIpc) is 2.47. The molecule has 110 valence electrons. The van der Waals surface area contributed by atoms with E-state index in [1.54, 1.807) is 37.3 Å². The Balaban J connectivity index is 2.06. The van der Waals surface area contributed by atoms with Crippen LogP contribution in [0.2, 0.25) is 0 Å². The Labute approximate surface area is 119 Å². The number of amides is 1. The van der Waals surface area contributed by atoms with Crippen LogP contribution >= 0.6 is 0 Å². The number of sulfonamides is 1. The summed E-state index contributed by atoms with van der Waals surface area (Å²) < 4.78 is 26.3. The topological polar surface area (TPSA) is 83.7 Å². The van der Waals surface area contributed by atoms with Crippen molar-refractivity contribution in [2.24, 2.45) is 5.73 Å². The summed E-state index contributed by atoms with van der Waals surface area (Å²) in [6.07, 6.45) is 0. The SMILES string of the molecule is CC(C(N)=O)N1CCN(S(=O)(=O)c2ccccc2)CC1. The molecule has 0 aliphatic carbocycles. The third-order valence-electron chi connectivity index (χ3n) is 3.61. The van der Waals surface area contributed by atoms with Gasteiger partial charge in [0.15, 0.2) is 0 Å². The lowest BCUT2D eigenvalue weighted by Gasteiger charge is -2.36. The third-order valence-corrected chi connectivity index (χ3v) is 5.53. The average molecular weight is 297 g/mol. The summed E-state index contributed by atoms with van der Waals surface area (Å²) in [6.45, 7) is 3.50. The fourth-order valence-electron chi connectivity index (χ4n) is 2.25. The van der Waals surface area contributed by atoms with E-state index in [1.807, 2.05) is 4.90 Å². The summed E-state index contributed by atoms with van der Waals surface area (Å²) in [5, 5.41) is 0. The molecule has 1 heterocycles. The molecule has 1 aromatic rings. The van der Waals surface area contributed by atoms with E-state index in [9.17, 15) is 13.2 Å². The van der Waals surface area contributed by atoms with Gasteiger partial charge in [-0.25, -0.2) is 8.42 Å². The van der Waals surface area contributed by atoms with Gasteiger partial charge in [-0.3, -0.25) is 9.69 Å². The molecule has 0 bridgehead atoms. The number of nitrogens with two attached hydrogens (primary N) is 1. The number of nitrogens with zero attached hydrogens (tertiary/aromatic N) is 2. The predicted molar refractivity (Wildman–Crippen MR) is 75.4 cm³/mol. The van der Waals surface area contributed by atoms with Gasteiger partial charge in [-0.05, 0) is 19.1 Å². The van der Waals surface area contributed by atoms with Crippen LogP contribution in [-0.4, -0.2) is 55.8 Å². The van der Waals surface area contributed by atoms with Crippen molar-refractivity contribution in [2.45, 2.75) is 17.9 Å².